The van der Waals surface area contributed by atoms with E-state index in [0.29, 0.717) is 38.5 Å². The van der Waals surface area contributed by atoms with E-state index in [-0.39, 0.29) is 72.5 Å². The lowest BCUT2D eigenvalue weighted by Crippen LogP contribution is -2.64. The van der Waals surface area contributed by atoms with Crippen molar-refractivity contribution in [2.24, 2.45) is 35.5 Å². The maximum atomic E-state index is 15.0. The van der Waals surface area contributed by atoms with Crippen molar-refractivity contribution in [1.82, 2.24) is 4.90 Å². The van der Waals surface area contributed by atoms with Crippen LogP contribution in [0, 0.1) is 35.5 Å². The van der Waals surface area contributed by atoms with E-state index in [4.69, 9.17) is 28.1 Å². The molecule has 3 heterocycles. The molecule has 1 saturated carbocycles. The van der Waals surface area contributed by atoms with Crippen molar-refractivity contribution in [3.8, 4) is 0 Å². The van der Waals surface area contributed by atoms with Crippen LogP contribution < -0.4 is 0 Å². The highest BCUT2D eigenvalue weighted by Gasteiger charge is 2.57. The number of rotatable bonds is 11. The zero-order valence-corrected chi connectivity index (χ0v) is 48.8. The number of hydrogen-bond donors (Lipinski definition) is 2. The Balaban J connectivity index is 1.87. The minimum absolute atomic E-state index is 0.0379. The molecule has 1 amide bonds. The Hall–Kier alpha value is -2.09. The van der Waals surface area contributed by atoms with Gasteiger partial charge in [0.2, 0.25) is 5.79 Å². The largest absolute Gasteiger partial charge is 0.456 e. The van der Waals surface area contributed by atoms with Crippen LogP contribution in [0.15, 0.2) is 23.3 Å². The number of aliphatic hydroxyl groups is 1. The highest BCUT2D eigenvalue weighted by molar-refractivity contribution is 6.74. The first-order valence-corrected chi connectivity index (χ1v) is 32.5. The summed E-state index contributed by atoms with van der Waals surface area (Å²) in [6, 6.07) is -1.10. The fourth-order valence-electron chi connectivity index (χ4n) is 11.3. The van der Waals surface area contributed by atoms with E-state index in [1.165, 1.54) is 4.90 Å². The van der Waals surface area contributed by atoms with Gasteiger partial charge in [0, 0.05) is 52.0 Å². The molecule has 2 N–H and O–H groups in total. The Bertz CT molecular complexity index is 1850. The Morgan fingerprint density at radius 3 is 2.06 bits per heavy atom. The number of carbonyl (C=O) groups excluding carboxylic acids is 4. The van der Waals surface area contributed by atoms with Gasteiger partial charge in [0.25, 0.3) is 11.7 Å². The number of Topliss-reactive ketones (excluding diaryl/α,β-unsaturated/α-hetero) is 2. The molecular formula is C55H97NO12Si2. The zero-order chi connectivity index (χ0) is 52.9. The molecule has 0 radical (unpaired) electrons. The van der Waals surface area contributed by atoms with E-state index >= 15 is 4.79 Å². The molecule has 0 spiro atoms. The van der Waals surface area contributed by atoms with Gasteiger partial charge < -0.3 is 42.9 Å². The average molecular weight is 1020 g/mol. The van der Waals surface area contributed by atoms with Gasteiger partial charge in [-0.2, -0.15) is 0 Å². The van der Waals surface area contributed by atoms with Crippen LogP contribution in [-0.2, 0) is 47.3 Å². The SMILES string of the molecule is CC[C@@H]1/C=C(\C)C[C@H](C)C[C@H](OC)[C@H]2O[C@@](O)(C(=O)C(=O)N3CCCCC3C(=O)O[C@H](/C(C)=C/C3CC[C@@H](O[Si](C)(C)C(C)(C)C)[C@H](OC)C3)[C@@H](C)[C@@H](CC(C)(C)[Si](C)(C)O)CC1=O)[C@H](C)C[C@@H]2OC. The van der Waals surface area contributed by atoms with Gasteiger partial charge >= 0.3 is 5.97 Å². The summed E-state index contributed by atoms with van der Waals surface area (Å²) in [4.78, 5) is 72.0. The fraction of sp³-hybridized carbons (Fsp3) is 0.855. The highest BCUT2D eigenvalue weighted by Crippen LogP contribution is 2.47. The molecule has 2 unspecified atom stereocenters. The van der Waals surface area contributed by atoms with E-state index in [9.17, 15) is 24.3 Å². The Labute approximate surface area is 425 Å². The molecule has 1 aliphatic carbocycles. The zero-order valence-electron chi connectivity index (χ0n) is 46.8. The van der Waals surface area contributed by atoms with E-state index in [0.717, 1.165) is 30.4 Å². The van der Waals surface area contributed by atoms with Gasteiger partial charge in [0.05, 0.1) is 24.4 Å². The predicted molar refractivity (Wildman–Crippen MR) is 280 cm³/mol. The normalized spacial score (nSPS) is 36.7. The smallest absolute Gasteiger partial charge is 0.329 e. The van der Waals surface area contributed by atoms with Gasteiger partial charge in [0.1, 0.15) is 24.0 Å². The van der Waals surface area contributed by atoms with Crippen molar-refractivity contribution in [3.05, 3.63) is 23.3 Å². The summed E-state index contributed by atoms with van der Waals surface area (Å²) < 4.78 is 38.1. The quantitative estimate of drug-likeness (QED) is 0.0872. The molecule has 14 atom stereocenters. The number of hydrogen-bond acceptors (Lipinski definition) is 12. The molecule has 70 heavy (non-hydrogen) atoms. The number of nitrogens with zero attached hydrogens (tertiary/aromatic N) is 1. The third-order valence-corrected chi connectivity index (χ3v) is 25.8. The van der Waals surface area contributed by atoms with Crippen LogP contribution >= 0.6 is 0 Å². The second-order valence-corrected chi connectivity index (χ2v) is 34.1. The third kappa shape index (κ3) is 14.4. The maximum Gasteiger partial charge on any atom is 0.329 e. The lowest BCUT2D eigenvalue weighted by molar-refractivity contribution is -0.302. The average Bonchev–Trinajstić information content (AvgIpc) is 3.27. The Morgan fingerprint density at radius 1 is 0.871 bits per heavy atom. The molecule has 4 aliphatic rings. The second-order valence-electron chi connectivity index (χ2n) is 24.8. The number of esters is 1. The molecule has 3 aliphatic heterocycles. The summed E-state index contributed by atoms with van der Waals surface area (Å²) in [6.07, 6.45) is 7.88. The predicted octanol–water partition coefficient (Wildman–Crippen LogP) is 10.1. The van der Waals surface area contributed by atoms with Crippen molar-refractivity contribution >= 4 is 40.1 Å². The number of amides is 1. The topological polar surface area (TPSA) is 167 Å². The van der Waals surface area contributed by atoms with E-state index in [1.807, 2.05) is 33.9 Å². The highest BCUT2D eigenvalue weighted by atomic mass is 28.4. The fourth-order valence-corrected chi connectivity index (χ4v) is 13.5. The van der Waals surface area contributed by atoms with Gasteiger partial charge in [-0.15, -0.1) is 0 Å². The molecule has 2 bridgehead atoms. The van der Waals surface area contributed by atoms with Crippen LogP contribution in [0.4, 0.5) is 0 Å². The summed E-state index contributed by atoms with van der Waals surface area (Å²) in [5.41, 5.74) is 1.90. The maximum absolute atomic E-state index is 15.0. The first-order valence-electron chi connectivity index (χ1n) is 26.7. The number of ether oxygens (including phenoxy) is 5. The first kappa shape index (κ1) is 60.5. The van der Waals surface area contributed by atoms with Crippen LogP contribution in [0.25, 0.3) is 0 Å². The van der Waals surface area contributed by atoms with Crippen LogP contribution in [0.5, 0.6) is 0 Å². The van der Waals surface area contributed by atoms with Crippen molar-refractivity contribution in [3.63, 3.8) is 0 Å². The summed E-state index contributed by atoms with van der Waals surface area (Å²) in [6.45, 7) is 31.3. The molecule has 15 heteroatoms. The van der Waals surface area contributed by atoms with Gasteiger partial charge in [-0.3, -0.25) is 14.4 Å². The molecular weight excluding hydrogens is 923 g/mol. The molecule has 13 nitrogen and oxygen atoms in total. The number of ketones is 2. The molecule has 0 aromatic rings. The summed E-state index contributed by atoms with van der Waals surface area (Å²) >= 11 is 0. The van der Waals surface area contributed by atoms with Gasteiger partial charge in [0.15, 0.2) is 16.6 Å². The van der Waals surface area contributed by atoms with E-state index in [2.05, 4.69) is 73.7 Å². The standard InChI is InChI=1S/C55H97NO12Si2/c1-19-40-27-34(2)26-35(3)28-46(64-13)49-47(65-14)30-37(5)55(61,67-49)50(58)51(59)56-25-21-20-22-42(56)52(60)66-48(38(6)41(32-43(40)57)33-54(10,11)69(15,16)62)36(4)29-39-23-24-44(45(31-39)63-12)68-70(17,18)53(7,8)9/h27,29,35,37-42,44-49,61-62H,19-26,28,30-33H2,1-18H3/b34-27+,36-29+/t35-,37+,38-,39?,40+,41+,42?,44+,45+,46-,47-,48+,49+,55+/m0/s1. The van der Waals surface area contributed by atoms with Gasteiger partial charge in [-0.25, -0.2) is 4.79 Å². The first-order chi connectivity index (χ1) is 32.4. The Morgan fingerprint density at radius 2 is 1.49 bits per heavy atom. The van der Waals surface area contributed by atoms with Crippen molar-refractivity contribution < 1.29 is 57.2 Å². The van der Waals surface area contributed by atoms with Crippen LogP contribution in [0.3, 0.4) is 0 Å². The second kappa shape index (κ2) is 24.5. The third-order valence-electron chi connectivity index (χ3n) is 17.7. The van der Waals surface area contributed by atoms with E-state index in [1.54, 1.807) is 28.3 Å². The van der Waals surface area contributed by atoms with Crippen LogP contribution in [0.1, 0.15) is 153 Å². The monoisotopic (exact) mass is 1020 g/mol. The summed E-state index contributed by atoms with van der Waals surface area (Å²) in [7, 11) is -0.0179. The number of carbonyl (C=O) groups is 4. The molecule has 3 fully saturated rings. The molecule has 2 saturated heterocycles. The lowest BCUT2D eigenvalue weighted by atomic mass is 9.75. The number of methoxy groups -OCH3 is 3. The van der Waals surface area contributed by atoms with Crippen molar-refractivity contribution in [2.45, 2.75) is 238 Å². The number of cyclic esters (lactones) is 1. The number of fused-ring (bicyclic) bond motifs is 3. The van der Waals surface area contributed by atoms with Gasteiger partial charge in [-0.05, 0) is 144 Å². The lowest BCUT2D eigenvalue weighted by Gasteiger charge is -2.47. The summed E-state index contributed by atoms with van der Waals surface area (Å²) in [5.74, 6) is -6.89. The summed E-state index contributed by atoms with van der Waals surface area (Å²) in [5, 5.41) is 11.8. The van der Waals surface area contributed by atoms with Gasteiger partial charge in [-0.1, -0.05) is 80.0 Å². The molecule has 4 rings (SSSR count). The van der Waals surface area contributed by atoms with Crippen LogP contribution in [-0.4, -0.2) is 131 Å². The molecule has 0 aromatic carbocycles. The minimum atomic E-state index is -2.80. The van der Waals surface area contributed by atoms with Crippen LogP contribution in [0.2, 0.25) is 36.3 Å². The van der Waals surface area contributed by atoms with Crippen molar-refractivity contribution in [2.75, 3.05) is 27.9 Å². The van der Waals surface area contributed by atoms with Crippen molar-refractivity contribution in [1.29, 1.82) is 0 Å². The minimum Gasteiger partial charge on any atom is -0.456 e. The molecule has 402 valence electrons. The van der Waals surface area contributed by atoms with E-state index < -0.39 is 87.4 Å². The Kier molecular flexibility index (Phi) is 21.2. The molecule has 0 aromatic heterocycles. The number of allylic oxidation sites excluding steroid dienone is 3. The number of piperidine rings is 1.